The Morgan fingerprint density at radius 1 is 1.32 bits per heavy atom. The van der Waals surface area contributed by atoms with Gasteiger partial charge < -0.3 is 15.4 Å². The largest absolute Gasteiger partial charge is 0.370 e. The molecule has 0 spiro atoms. The number of sulfone groups is 1. The van der Waals surface area contributed by atoms with E-state index < -0.39 is 9.84 Å². The smallest absolute Gasteiger partial charge is 0.175 e. The average Bonchev–Trinajstić information content (AvgIpc) is 2.37. The molecule has 0 aromatic heterocycles. The van der Waals surface area contributed by atoms with Crippen molar-refractivity contribution in [2.24, 2.45) is 5.73 Å². The maximum absolute atomic E-state index is 11.4. The summed E-state index contributed by atoms with van der Waals surface area (Å²) in [5, 5.41) is 0. The van der Waals surface area contributed by atoms with E-state index in [0.717, 1.165) is 18.8 Å². The zero-order chi connectivity index (χ0) is 14.0. The van der Waals surface area contributed by atoms with Gasteiger partial charge in [-0.05, 0) is 31.2 Å². The minimum atomic E-state index is -3.14. The van der Waals surface area contributed by atoms with Crippen LogP contribution in [0.2, 0.25) is 0 Å². The van der Waals surface area contributed by atoms with Crippen molar-refractivity contribution in [3.05, 3.63) is 24.3 Å². The molecule has 19 heavy (non-hydrogen) atoms. The van der Waals surface area contributed by atoms with E-state index in [4.69, 9.17) is 10.5 Å². The van der Waals surface area contributed by atoms with E-state index in [1.165, 1.54) is 6.26 Å². The molecule has 0 aliphatic carbocycles. The highest BCUT2D eigenvalue weighted by Gasteiger charge is 2.24. The predicted molar refractivity (Wildman–Crippen MR) is 75.2 cm³/mol. The molecule has 1 aliphatic heterocycles. The lowest BCUT2D eigenvalue weighted by atomic mass is 10.2. The predicted octanol–water partition coefficient (Wildman–Crippen LogP) is 0.643. The number of hydrogen-bond acceptors (Lipinski definition) is 5. The molecule has 0 bridgehead atoms. The van der Waals surface area contributed by atoms with Gasteiger partial charge in [0.25, 0.3) is 0 Å². The first kappa shape index (κ1) is 14.3. The number of hydrogen-bond donors (Lipinski definition) is 1. The van der Waals surface area contributed by atoms with Crippen molar-refractivity contribution in [3.8, 4) is 0 Å². The van der Waals surface area contributed by atoms with Crippen LogP contribution >= 0.6 is 0 Å². The minimum Gasteiger partial charge on any atom is -0.370 e. The average molecular weight is 284 g/mol. The molecule has 6 heteroatoms. The van der Waals surface area contributed by atoms with E-state index in [1.807, 2.05) is 19.1 Å². The van der Waals surface area contributed by atoms with Gasteiger partial charge in [0, 0.05) is 31.6 Å². The number of morpholine rings is 1. The van der Waals surface area contributed by atoms with Crippen molar-refractivity contribution in [2.45, 2.75) is 24.0 Å². The Morgan fingerprint density at radius 2 is 1.95 bits per heavy atom. The molecule has 2 rings (SSSR count). The zero-order valence-electron chi connectivity index (χ0n) is 11.2. The van der Waals surface area contributed by atoms with Crippen LogP contribution in [0.15, 0.2) is 29.2 Å². The summed E-state index contributed by atoms with van der Waals surface area (Å²) in [6.45, 7) is 4.02. The SMILES string of the molecule is CC1CN(c2ccc(S(C)(=O)=O)cc2)CC(CN)O1. The fourth-order valence-electron chi connectivity index (χ4n) is 2.29. The van der Waals surface area contributed by atoms with Crippen LogP contribution in [-0.4, -0.2) is 46.5 Å². The molecule has 2 unspecified atom stereocenters. The van der Waals surface area contributed by atoms with Crippen LogP contribution < -0.4 is 10.6 Å². The van der Waals surface area contributed by atoms with Crippen LogP contribution in [0.5, 0.6) is 0 Å². The molecule has 106 valence electrons. The summed E-state index contributed by atoms with van der Waals surface area (Å²) in [5.74, 6) is 0. The lowest BCUT2D eigenvalue weighted by molar-refractivity contribution is -0.0104. The van der Waals surface area contributed by atoms with E-state index in [9.17, 15) is 8.42 Å². The summed E-state index contributed by atoms with van der Waals surface area (Å²) >= 11 is 0. The minimum absolute atomic E-state index is 0.0262. The Labute approximate surface area is 114 Å². The van der Waals surface area contributed by atoms with Gasteiger partial charge in [0.05, 0.1) is 17.1 Å². The summed E-state index contributed by atoms with van der Waals surface area (Å²) in [6.07, 6.45) is 1.36. The fourth-order valence-corrected chi connectivity index (χ4v) is 2.92. The highest BCUT2D eigenvalue weighted by molar-refractivity contribution is 7.90. The van der Waals surface area contributed by atoms with Crippen molar-refractivity contribution >= 4 is 15.5 Å². The highest BCUT2D eigenvalue weighted by atomic mass is 32.2. The lowest BCUT2D eigenvalue weighted by Crippen LogP contribution is -2.49. The van der Waals surface area contributed by atoms with Crippen molar-refractivity contribution in [1.29, 1.82) is 0 Å². The monoisotopic (exact) mass is 284 g/mol. The van der Waals surface area contributed by atoms with Crippen LogP contribution in [0, 0.1) is 0 Å². The Morgan fingerprint density at radius 3 is 2.47 bits per heavy atom. The molecule has 0 amide bonds. The molecule has 1 fully saturated rings. The van der Waals surface area contributed by atoms with E-state index >= 15 is 0 Å². The van der Waals surface area contributed by atoms with Gasteiger partial charge in [0.15, 0.2) is 9.84 Å². The number of nitrogens with zero attached hydrogens (tertiary/aromatic N) is 1. The summed E-state index contributed by atoms with van der Waals surface area (Å²) in [5.41, 5.74) is 6.66. The lowest BCUT2D eigenvalue weighted by Gasteiger charge is -2.37. The van der Waals surface area contributed by atoms with E-state index in [1.54, 1.807) is 12.1 Å². The number of nitrogens with two attached hydrogens (primary N) is 1. The molecule has 1 heterocycles. The van der Waals surface area contributed by atoms with Gasteiger partial charge in [0.2, 0.25) is 0 Å². The topological polar surface area (TPSA) is 72.6 Å². The molecule has 0 saturated carbocycles. The Hall–Kier alpha value is -1.11. The van der Waals surface area contributed by atoms with Crippen LogP contribution in [0.1, 0.15) is 6.92 Å². The summed E-state index contributed by atoms with van der Waals surface area (Å²) in [6, 6.07) is 6.95. The summed E-state index contributed by atoms with van der Waals surface area (Å²) in [4.78, 5) is 2.52. The Bertz CT molecular complexity index is 527. The molecule has 0 radical (unpaired) electrons. The van der Waals surface area contributed by atoms with Crippen molar-refractivity contribution in [2.75, 3.05) is 30.8 Å². The Kier molecular flexibility index (Phi) is 4.13. The van der Waals surface area contributed by atoms with Crippen LogP contribution in [0.4, 0.5) is 5.69 Å². The molecule has 1 aromatic carbocycles. The van der Waals surface area contributed by atoms with E-state index in [0.29, 0.717) is 11.4 Å². The fraction of sp³-hybridized carbons (Fsp3) is 0.538. The molecule has 1 saturated heterocycles. The van der Waals surface area contributed by atoms with Crippen molar-refractivity contribution < 1.29 is 13.2 Å². The van der Waals surface area contributed by atoms with Gasteiger partial charge in [-0.1, -0.05) is 0 Å². The normalized spacial score (nSPS) is 24.5. The molecular weight excluding hydrogens is 264 g/mol. The van der Waals surface area contributed by atoms with Crippen molar-refractivity contribution in [1.82, 2.24) is 0 Å². The first-order valence-electron chi connectivity index (χ1n) is 6.30. The number of benzene rings is 1. The Balaban J connectivity index is 2.18. The molecule has 1 aromatic rings. The number of ether oxygens (including phenoxy) is 1. The third-order valence-corrected chi connectivity index (χ3v) is 4.35. The third-order valence-electron chi connectivity index (χ3n) is 3.22. The maximum atomic E-state index is 11.4. The van der Waals surface area contributed by atoms with Crippen LogP contribution in [0.25, 0.3) is 0 Å². The molecule has 2 atom stereocenters. The molecule has 2 N–H and O–H groups in total. The maximum Gasteiger partial charge on any atom is 0.175 e. The number of rotatable bonds is 3. The third kappa shape index (κ3) is 3.46. The molecule has 1 aliphatic rings. The first-order chi connectivity index (χ1) is 8.90. The summed E-state index contributed by atoms with van der Waals surface area (Å²) < 4.78 is 28.5. The van der Waals surface area contributed by atoms with Gasteiger partial charge in [-0.3, -0.25) is 0 Å². The van der Waals surface area contributed by atoms with Gasteiger partial charge in [-0.2, -0.15) is 0 Å². The van der Waals surface area contributed by atoms with Gasteiger partial charge >= 0.3 is 0 Å². The van der Waals surface area contributed by atoms with Crippen molar-refractivity contribution in [3.63, 3.8) is 0 Å². The number of anilines is 1. The van der Waals surface area contributed by atoms with E-state index in [-0.39, 0.29) is 12.2 Å². The van der Waals surface area contributed by atoms with Crippen LogP contribution in [-0.2, 0) is 14.6 Å². The van der Waals surface area contributed by atoms with Gasteiger partial charge in [0.1, 0.15) is 0 Å². The quantitative estimate of drug-likeness (QED) is 0.882. The second-order valence-corrected chi connectivity index (χ2v) is 6.99. The highest BCUT2D eigenvalue weighted by Crippen LogP contribution is 2.22. The molecule has 5 nitrogen and oxygen atoms in total. The summed E-state index contributed by atoms with van der Waals surface area (Å²) in [7, 11) is -3.14. The van der Waals surface area contributed by atoms with Gasteiger partial charge in [-0.25, -0.2) is 8.42 Å². The first-order valence-corrected chi connectivity index (χ1v) is 8.20. The zero-order valence-corrected chi connectivity index (χ0v) is 12.1. The van der Waals surface area contributed by atoms with Crippen LogP contribution in [0.3, 0.4) is 0 Å². The second kappa shape index (κ2) is 5.48. The molecular formula is C13H20N2O3S. The van der Waals surface area contributed by atoms with E-state index in [2.05, 4.69) is 4.90 Å². The standard InChI is InChI=1S/C13H20N2O3S/c1-10-8-15(9-12(7-14)18-10)11-3-5-13(6-4-11)19(2,16)17/h3-6,10,12H,7-9,14H2,1-2H3. The van der Waals surface area contributed by atoms with Gasteiger partial charge in [-0.15, -0.1) is 0 Å². The second-order valence-electron chi connectivity index (χ2n) is 4.98.